The standard InChI is InChI=1S/C21H19F5N4O2/c1-21(2,3)13-9-29(4)28-20(13)11-7-10(30(31)32)5-6-14(11)27-8-12-15(22)17(24)19(26)18(25)16(12)23/h5-7,9,27H,8H2,1-4H3. The molecule has 0 fully saturated rings. The molecular weight excluding hydrogens is 435 g/mol. The summed E-state index contributed by atoms with van der Waals surface area (Å²) in [6, 6.07) is 3.68. The van der Waals surface area contributed by atoms with Crippen molar-refractivity contribution >= 4 is 11.4 Å². The molecule has 0 saturated carbocycles. The summed E-state index contributed by atoms with van der Waals surface area (Å²) in [5.74, 6) is -10.3. The van der Waals surface area contributed by atoms with Gasteiger partial charge in [0.25, 0.3) is 5.69 Å². The highest BCUT2D eigenvalue weighted by atomic mass is 19.2. The zero-order valence-corrected chi connectivity index (χ0v) is 17.6. The Kier molecular flexibility index (Phi) is 5.94. The molecule has 1 heterocycles. The van der Waals surface area contributed by atoms with E-state index in [0.717, 1.165) is 11.6 Å². The lowest BCUT2D eigenvalue weighted by Gasteiger charge is -2.20. The lowest BCUT2D eigenvalue weighted by atomic mass is 9.85. The summed E-state index contributed by atoms with van der Waals surface area (Å²) in [5, 5.41) is 18.3. The van der Waals surface area contributed by atoms with Crippen LogP contribution >= 0.6 is 0 Å². The summed E-state index contributed by atoms with van der Waals surface area (Å²) in [6.45, 7) is 4.97. The minimum absolute atomic E-state index is 0.170. The Morgan fingerprint density at radius 1 is 1.03 bits per heavy atom. The van der Waals surface area contributed by atoms with Crippen molar-refractivity contribution in [2.45, 2.75) is 32.7 Å². The summed E-state index contributed by atoms with van der Waals surface area (Å²) in [5.41, 5.74) is -0.191. The van der Waals surface area contributed by atoms with Crippen molar-refractivity contribution < 1.29 is 26.9 Å². The Morgan fingerprint density at radius 2 is 1.59 bits per heavy atom. The number of hydrogen-bond acceptors (Lipinski definition) is 4. The van der Waals surface area contributed by atoms with Gasteiger partial charge in [-0.3, -0.25) is 14.8 Å². The molecule has 0 saturated heterocycles. The third kappa shape index (κ3) is 4.14. The lowest BCUT2D eigenvalue weighted by Crippen LogP contribution is -2.13. The number of rotatable bonds is 5. The monoisotopic (exact) mass is 454 g/mol. The molecule has 0 atom stereocenters. The number of halogens is 5. The Bertz CT molecular complexity index is 1190. The van der Waals surface area contributed by atoms with Gasteiger partial charge in [-0.2, -0.15) is 5.10 Å². The average Bonchev–Trinajstić information content (AvgIpc) is 3.13. The van der Waals surface area contributed by atoms with Crippen LogP contribution in [0.5, 0.6) is 0 Å². The van der Waals surface area contributed by atoms with Gasteiger partial charge in [-0.15, -0.1) is 0 Å². The van der Waals surface area contributed by atoms with Crippen molar-refractivity contribution in [3.05, 3.63) is 74.7 Å². The maximum absolute atomic E-state index is 14.1. The molecule has 3 aromatic rings. The van der Waals surface area contributed by atoms with Crippen LogP contribution in [0.15, 0.2) is 24.4 Å². The first-order valence-corrected chi connectivity index (χ1v) is 9.40. The van der Waals surface area contributed by atoms with Crippen molar-refractivity contribution in [1.82, 2.24) is 9.78 Å². The lowest BCUT2D eigenvalue weighted by molar-refractivity contribution is -0.384. The van der Waals surface area contributed by atoms with Crippen molar-refractivity contribution in [1.29, 1.82) is 0 Å². The number of nitrogens with zero attached hydrogens (tertiary/aromatic N) is 3. The van der Waals surface area contributed by atoms with E-state index in [1.165, 1.54) is 16.8 Å². The fourth-order valence-electron chi connectivity index (χ4n) is 3.22. The van der Waals surface area contributed by atoms with E-state index in [0.29, 0.717) is 5.69 Å². The summed E-state index contributed by atoms with van der Waals surface area (Å²) < 4.78 is 70.0. The molecule has 0 unspecified atom stereocenters. The second-order valence-electron chi connectivity index (χ2n) is 8.20. The molecule has 0 aliphatic heterocycles. The minimum atomic E-state index is -2.25. The number of nitro benzene ring substituents is 1. The van der Waals surface area contributed by atoms with E-state index in [2.05, 4.69) is 10.4 Å². The number of hydrogen-bond donors (Lipinski definition) is 1. The van der Waals surface area contributed by atoms with Crippen molar-refractivity contribution in [3.63, 3.8) is 0 Å². The fourth-order valence-corrected chi connectivity index (χ4v) is 3.22. The normalized spacial score (nSPS) is 11.7. The Labute approximate surface area is 179 Å². The number of non-ortho nitro benzene ring substituents is 1. The molecule has 0 radical (unpaired) electrons. The van der Waals surface area contributed by atoms with Crippen LogP contribution in [0.3, 0.4) is 0 Å². The molecule has 0 amide bonds. The van der Waals surface area contributed by atoms with Gasteiger partial charge in [0, 0.05) is 54.3 Å². The first-order chi connectivity index (χ1) is 14.8. The Hall–Kier alpha value is -3.50. The quantitative estimate of drug-likeness (QED) is 0.179. The third-order valence-electron chi connectivity index (χ3n) is 4.86. The summed E-state index contributed by atoms with van der Waals surface area (Å²) in [6.07, 6.45) is 1.74. The summed E-state index contributed by atoms with van der Waals surface area (Å²) >= 11 is 0. The molecule has 1 aromatic heterocycles. The van der Waals surface area contributed by atoms with E-state index >= 15 is 0 Å². The number of benzene rings is 2. The summed E-state index contributed by atoms with van der Waals surface area (Å²) in [7, 11) is 1.66. The maximum Gasteiger partial charge on any atom is 0.270 e. The molecule has 0 spiro atoms. The van der Waals surface area contributed by atoms with Crippen LogP contribution in [0.25, 0.3) is 11.3 Å². The zero-order valence-electron chi connectivity index (χ0n) is 17.6. The van der Waals surface area contributed by atoms with Crippen molar-refractivity contribution in [2.75, 3.05) is 5.32 Å². The molecule has 1 N–H and O–H groups in total. The number of anilines is 1. The smallest absolute Gasteiger partial charge is 0.270 e. The van der Waals surface area contributed by atoms with Gasteiger partial charge in [0.1, 0.15) is 0 Å². The SMILES string of the molecule is Cn1cc(C(C)(C)C)c(-c2cc([N+](=O)[O-])ccc2NCc2c(F)c(F)c(F)c(F)c2F)n1. The topological polar surface area (TPSA) is 73.0 Å². The Balaban J connectivity index is 2.12. The van der Waals surface area contributed by atoms with Gasteiger partial charge in [-0.05, 0) is 11.5 Å². The number of nitrogens with one attached hydrogen (secondary N) is 1. The first kappa shape index (κ1) is 23.2. The van der Waals surface area contributed by atoms with Gasteiger partial charge in [-0.1, -0.05) is 20.8 Å². The second kappa shape index (κ2) is 8.21. The zero-order chi connectivity index (χ0) is 24.0. The van der Waals surface area contributed by atoms with Crippen LogP contribution < -0.4 is 5.32 Å². The minimum Gasteiger partial charge on any atom is -0.380 e. The maximum atomic E-state index is 14.1. The van der Waals surface area contributed by atoms with E-state index in [4.69, 9.17) is 0 Å². The molecule has 6 nitrogen and oxygen atoms in total. The van der Waals surface area contributed by atoms with Crippen LogP contribution in [0.4, 0.5) is 33.3 Å². The molecule has 2 aromatic carbocycles. The fraction of sp³-hybridized carbons (Fsp3) is 0.286. The van der Waals surface area contributed by atoms with Crippen molar-refractivity contribution in [2.24, 2.45) is 7.05 Å². The van der Waals surface area contributed by atoms with Crippen LogP contribution in [0.1, 0.15) is 31.9 Å². The number of nitro groups is 1. The average molecular weight is 454 g/mol. The molecule has 11 heteroatoms. The Morgan fingerprint density at radius 3 is 2.12 bits per heavy atom. The highest BCUT2D eigenvalue weighted by Gasteiger charge is 2.27. The van der Waals surface area contributed by atoms with Gasteiger partial charge in [-0.25, -0.2) is 22.0 Å². The molecule has 32 heavy (non-hydrogen) atoms. The van der Waals surface area contributed by atoms with Crippen molar-refractivity contribution in [3.8, 4) is 11.3 Å². The van der Waals surface area contributed by atoms with Gasteiger partial charge < -0.3 is 5.32 Å². The second-order valence-corrected chi connectivity index (χ2v) is 8.20. The van der Waals surface area contributed by atoms with Gasteiger partial charge in [0.15, 0.2) is 23.3 Å². The number of aromatic nitrogens is 2. The van der Waals surface area contributed by atoms with E-state index in [9.17, 15) is 32.1 Å². The van der Waals surface area contributed by atoms with Gasteiger partial charge >= 0.3 is 0 Å². The van der Waals surface area contributed by atoms with Crippen LogP contribution in [0.2, 0.25) is 0 Å². The first-order valence-electron chi connectivity index (χ1n) is 9.40. The molecular formula is C21H19F5N4O2. The molecule has 0 aliphatic carbocycles. The highest BCUT2D eigenvalue weighted by molar-refractivity contribution is 5.80. The molecule has 170 valence electrons. The van der Waals surface area contributed by atoms with Crippen LogP contribution in [-0.2, 0) is 19.0 Å². The predicted molar refractivity (Wildman–Crippen MR) is 108 cm³/mol. The molecule has 0 bridgehead atoms. The summed E-state index contributed by atoms with van der Waals surface area (Å²) in [4.78, 5) is 10.7. The molecule has 3 rings (SSSR count). The highest BCUT2D eigenvalue weighted by Crippen LogP contribution is 2.38. The molecule has 0 aliphatic rings. The van der Waals surface area contributed by atoms with Crippen LogP contribution in [0, 0.1) is 39.2 Å². The van der Waals surface area contributed by atoms with Gasteiger partial charge in [0.05, 0.1) is 10.6 Å². The van der Waals surface area contributed by atoms with E-state index in [1.54, 1.807) is 13.2 Å². The van der Waals surface area contributed by atoms with E-state index < -0.39 is 51.5 Å². The predicted octanol–water partition coefficient (Wildman–Crippen LogP) is 5.60. The van der Waals surface area contributed by atoms with Gasteiger partial charge in [0.2, 0.25) is 5.82 Å². The largest absolute Gasteiger partial charge is 0.380 e. The number of aryl methyl sites for hydroxylation is 1. The van der Waals surface area contributed by atoms with E-state index in [1.807, 2.05) is 20.8 Å². The van der Waals surface area contributed by atoms with Crippen LogP contribution in [-0.4, -0.2) is 14.7 Å². The third-order valence-corrected chi connectivity index (χ3v) is 4.86. The van der Waals surface area contributed by atoms with E-state index in [-0.39, 0.29) is 16.9 Å².